The highest BCUT2D eigenvalue weighted by Crippen LogP contribution is 2.20. The van der Waals surface area contributed by atoms with Gasteiger partial charge >= 0.3 is 0 Å². The topological polar surface area (TPSA) is 29.4 Å². The van der Waals surface area contributed by atoms with Gasteiger partial charge in [0.15, 0.2) is 0 Å². The van der Waals surface area contributed by atoms with Gasteiger partial charge in [0.2, 0.25) is 0 Å². The van der Waals surface area contributed by atoms with Crippen LogP contribution in [0.15, 0.2) is 63.9 Å². The van der Waals surface area contributed by atoms with Gasteiger partial charge in [-0.25, -0.2) is 4.21 Å². The molecule has 0 N–H and O–H groups in total. The third-order valence-electron chi connectivity index (χ3n) is 2.46. The lowest BCUT2D eigenvalue weighted by molar-refractivity contribution is 0.681. The van der Waals surface area contributed by atoms with Crippen LogP contribution in [-0.4, -0.2) is 10.5 Å². The van der Waals surface area contributed by atoms with Crippen molar-refractivity contribution in [3.63, 3.8) is 0 Å². The summed E-state index contributed by atoms with van der Waals surface area (Å²) >= 11 is 0. The minimum atomic E-state index is -2.36. The molecular formula is C14H15NOS. The summed E-state index contributed by atoms with van der Waals surface area (Å²) in [5.41, 5.74) is 1.89. The average molecular weight is 245 g/mol. The van der Waals surface area contributed by atoms with Crippen LogP contribution in [0.1, 0.15) is 5.56 Å². The first-order valence-corrected chi connectivity index (χ1v) is 7.34. The van der Waals surface area contributed by atoms with E-state index in [1.165, 1.54) is 0 Å². The standard InChI is InChI=1S/C14H15NOS/c1-12-7-6-8-13(11-12)15-17(2,16)14-9-4-3-5-10-14/h3-11H,1-2H3. The number of benzene rings is 2. The number of hydrogen-bond donors (Lipinski definition) is 0. The molecular weight excluding hydrogens is 230 g/mol. The van der Waals surface area contributed by atoms with Crippen molar-refractivity contribution in [2.45, 2.75) is 11.8 Å². The van der Waals surface area contributed by atoms with Gasteiger partial charge in [0.25, 0.3) is 0 Å². The zero-order chi connectivity index (χ0) is 12.3. The monoisotopic (exact) mass is 245 g/mol. The SMILES string of the molecule is Cc1cccc(N=S(C)(=O)c2ccccc2)c1. The van der Waals surface area contributed by atoms with E-state index in [1.54, 1.807) is 6.26 Å². The molecule has 88 valence electrons. The highest BCUT2D eigenvalue weighted by Gasteiger charge is 2.04. The lowest BCUT2D eigenvalue weighted by Crippen LogP contribution is -1.96. The van der Waals surface area contributed by atoms with E-state index in [1.807, 2.05) is 61.5 Å². The van der Waals surface area contributed by atoms with Gasteiger partial charge in [-0.05, 0) is 36.8 Å². The number of aryl methyl sites for hydroxylation is 1. The Hall–Kier alpha value is -1.61. The van der Waals surface area contributed by atoms with Crippen molar-refractivity contribution in [3.8, 4) is 0 Å². The second-order valence-corrected chi connectivity index (χ2v) is 6.30. The fraction of sp³-hybridized carbons (Fsp3) is 0.143. The Morgan fingerprint density at radius 3 is 2.35 bits per heavy atom. The van der Waals surface area contributed by atoms with Gasteiger partial charge in [-0.1, -0.05) is 30.3 Å². The fourth-order valence-electron chi connectivity index (χ4n) is 1.61. The summed E-state index contributed by atoms with van der Waals surface area (Å²) in [6, 6.07) is 17.1. The normalized spacial score (nSPS) is 14.0. The molecule has 0 spiro atoms. The molecule has 0 aromatic heterocycles. The Morgan fingerprint density at radius 1 is 1.00 bits per heavy atom. The summed E-state index contributed by atoms with van der Waals surface area (Å²) in [6.07, 6.45) is 1.67. The van der Waals surface area contributed by atoms with Crippen molar-refractivity contribution in [3.05, 3.63) is 60.2 Å². The molecule has 3 heteroatoms. The Kier molecular flexibility index (Phi) is 3.29. The van der Waals surface area contributed by atoms with Gasteiger partial charge in [-0.3, -0.25) is 0 Å². The Bertz CT molecular complexity index is 626. The van der Waals surface area contributed by atoms with Crippen LogP contribution in [0.2, 0.25) is 0 Å². The van der Waals surface area contributed by atoms with Crippen LogP contribution in [0, 0.1) is 6.92 Å². The Balaban J connectivity index is 2.49. The van der Waals surface area contributed by atoms with Crippen molar-refractivity contribution in [1.29, 1.82) is 0 Å². The van der Waals surface area contributed by atoms with Gasteiger partial charge in [0, 0.05) is 11.2 Å². The smallest absolute Gasteiger partial charge is 0.0771 e. The van der Waals surface area contributed by atoms with Gasteiger partial charge in [0.05, 0.1) is 15.4 Å². The first-order chi connectivity index (χ1) is 8.08. The largest absolute Gasteiger partial charge is 0.245 e. The van der Waals surface area contributed by atoms with Crippen LogP contribution in [0.4, 0.5) is 5.69 Å². The molecule has 17 heavy (non-hydrogen) atoms. The summed E-state index contributed by atoms with van der Waals surface area (Å²) in [5.74, 6) is 0. The van der Waals surface area contributed by atoms with Gasteiger partial charge in [-0.2, -0.15) is 4.36 Å². The lowest BCUT2D eigenvalue weighted by atomic mass is 10.2. The predicted octanol–water partition coefficient (Wildman–Crippen LogP) is 3.78. The molecule has 0 heterocycles. The van der Waals surface area contributed by atoms with Gasteiger partial charge in [0.1, 0.15) is 0 Å². The number of nitrogens with zero attached hydrogens (tertiary/aromatic N) is 1. The van der Waals surface area contributed by atoms with Crippen LogP contribution < -0.4 is 0 Å². The molecule has 0 aliphatic rings. The zero-order valence-electron chi connectivity index (χ0n) is 9.96. The number of hydrogen-bond acceptors (Lipinski definition) is 2. The molecule has 2 aromatic rings. The third kappa shape index (κ3) is 2.94. The minimum Gasteiger partial charge on any atom is -0.245 e. The molecule has 2 nitrogen and oxygen atoms in total. The van der Waals surface area contributed by atoms with E-state index in [9.17, 15) is 4.21 Å². The van der Waals surface area contributed by atoms with Crippen molar-refractivity contribution < 1.29 is 4.21 Å². The molecule has 2 aromatic carbocycles. The number of rotatable bonds is 2. The van der Waals surface area contributed by atoms with E-state index >= 15 is 0 Å². The average Bonchev–Trinajstić information content (AvgIpc) is 2.29. The van der Waals surface area contributed by atoms with Crippen LogP contribution in [0.3, 0.4) is 0 Å². The third-order valence-corrected chi connectivity index (χ3v) is 4.17. The highest BCUT2D eigenvalue weighted by atomic mass is 32.2. The molecule has 0 aliphatic heterocycles. The molecule has 0 saturated heterocycles. The van der Waals surface area contributed by atoms with Gasteiger partial charge < -0.3 is 0 Å². The molecule has 1 atom stereocenters. The maximum atomic E-state index is 12.5. The summed E-state index contributed by atoms with van der Waals surface area (Å²) in [6.45, 7) is 2.00. The van der Waals surface area contributed by atoms with Crippen molar-refractivity contribution >= 4 is 15.4 Å². The quantitative estimate of drug-likeness (QED) is 0.791. The van der Waals surface area contributed by atoms with Crippen LogP contribution >= 0.6 is 0 Å². The second-order valence-electron chi connectivity index (χ2n) is 4.05. The van der Waals surface area contributed by atoms with Crippen molar-refractivity contribution in [2.75, 3.05) is 6.26 Å². The molecule has 0 amide bonds. The first kappa shape index (κ1) is 11.9. The zero-order valence-corrected chi connectivity index (χ0v) is 10.8. The van der Waals surface area contributed by atoms with E-state index in [0.29, 0.717) is 0 Å². The first-order valence-electron chi connectivity index (χ1n) is 5.42. The predicted molar refractivity (Wildman–Crippen MR) is 72.0 cm³/mol. The Morgan fingerprint density at radius 2 is 1.71 bits per heavy atom. The van der Waals surface area contributed by atoms with E-state index in [2.05, 4.69) is 4.36 Å². The van der Waals surface area contributed by atoms with E-state index < -0.39 is 9.73 Å². The van der Waals surface area contributed by atoms with E-state index in [-0.39, 0.29) is 0 Å². The molecule has 0 radical (unpaired) electrons. The molecule has 1 unspecified atom stereocenters. The maximum Gasteiger partial charge on any atom is 0.0771 e. The summed E-state index contributed by atoms with van der Waals surface area (Å²) in [7, 11) is -2.36. The van der Waals surface area contributed by atoms with Crippen LogP contribution in [0.5, 0.6) is 0 Å². The summed E-state index contributed by atoms with van der Waals surface area (Å²) in [5, 5.41) is 0. The van der Waals surface area contributed by atoms with Crippen LogP contribution in [0.25, 0.3) is 0 Å². The minimum absolute atomic E-state index is 0.765. The second kappa shape index (κ2) is 4.72. The maximum absolute atomic E-state index is 12.5. The summed E-state index contributed by atoms with van der Waals surface area (Å²) < 4.78 is 16.9. The molecule has 2 rings (SSSR count). The Labute approximate surface area is 102 Å². The van der Waals surface area contributed by atoms with Crippen LogP contribution in [-0.2, 0) is 9.73 Å². The molecule has 0 aliphatic carbocycles. The lowest BCUT2D eigenvalue weighted by Gasteiger charge is -2.04. The highest BCUT2D eigenvalue weighted by molar-refractivity contribution is 7.93. The molecule has 0 saturated carbocycles. The molecule has 0 bridgehead atoms. The van der Waals surface area contributed by atoms with Crippen molar-refractivity contribution in [1.82, 2.24) is 0 Å². The van der Waals surface area contributed by atoms with E-state index in [0.717, 1.165) is 16.1 Å². The van der Waals surface area contributed by atoms with Gasteiger partial charge in [-0.15, -0.1) is 0 Å². The summed E-state index contributed by atoms with van der Waals surface area (Å²) in [4.78, 5) is 0.765. The van der Waals surface area contributed by atoms with Crippen molar-refractivity contribution in [2.24, 2.45) is 4.36 Å². The fourth-order valence-corrected chi connectivity index (χ4v) is 2.89. The van der Waals surface area contributed by atoms with E-state index in [4.69, 9.17) is 0 Å². The molecule has 0 fully saturated rings.